The molecule has 1 N–H and O–H groups in total. The third-order valence-corrected chi connectivity index (χ3v) is 7.16. The van der Waals surface area contributed by atoms with E-state index in [1.165, 1.54) is 44.4 Å². The van der Waals surface area contributed by atoms with Gasteiger partial charge in [0.15, 0.2) is 0 Å². The lowest BCUT2D eigenvalue weighted by Crippen LogP contribution is -2.42. The van der Waals surface area contributed by atoms with E-state index >= 15 is 0 Å². The van der Waals surface area contributed by atoms with Gasteiger partial charge >= 0.3 is 18.5 Å². The van der Waals surface area contributed by atoms with Gasteiger partial charge in [0.2, 0.25) is 0 Å². The van der Waals surface area contributed by atoms with Gasteiger partial charge in [0.25, 0.3) is 5.91 Å². The van der Waals surface area contributed by atoms with Crippen LogP contribution in [0.25, 0.3) is 21.8 Å². The van der Waals surface area contributed by atoms with Gasteiger partial charge in [0.05, 0.1) is 12.1 Å². The number of rotatable bonds is 6. The smallest absolute Gasteiger partial charge is 0.340 e. The second-order valence-corrected chi connectivity index (χ2v) is 10.1. The van der Waals surface area contributed by atoms with E-state index in [0.29, 0.717) is 28.1 Å². The average Bonchev–Trinajstić information content (AvgIpc) is 3.46. The number of carbonyl (C=O) groups is 1. The summed E-state index contributed by atoms with van der Waals surface area (Å²) in [4.78, 5) is 16.7. The Morgan fingerprint density at radius 3 is 1.73 bits per heavy atom. The van der Waals surface area contributed by atoms with Crippen molar-refractivity contribution in [2.24, 2.45) is 14.1 Å². The summed E-state index contributed by atoms with van der Waals surface area (Å²) in [6.07, 6.45) is -13.2. The fourth-order valence-corrected chi connectivity index (χ4v) is 4.96. The quantitative estimate of drug-likeness (QED) is 0.157. The van der Waals surface area contributed by atoms with E-state index in [-0.39, 0.29) is 29.6 Å². The van der Waals surface area contributed by atoms with E-state index in [1.807, 2.05) is 0 Å². The van der Waals surface area contributed by atoms with Gasteiger partial charge < -0.3 is 9.13 Å². The molecule has 2 aromatic carbocycles. The van der Waals surface area contributed by atoms with Gasteiger partial charge in [-0.05, 0) is 59.7 Å². The highest BCUT2D eigenvalue weighted by atomic mass is 19.4. The van der Waals surface area contributed by atoms with Crippen LogP contribution in [-0.4, -0.2) is 25.0 Å². The number of aryl methyl sites for hydroxylation is 2. The van der Waals surface area contributed by atoms with Gasteiger partial charge in [0.1, 0.15) is 17.1 Å². The van der Waals surface area contributed by atoms with Crippen LogP contribution in [0.4, 0.5) is 39.5 Å². The summed E-state index contributed by atoms with van der Waals surface area (Å²) >= 11 is 0. The summed E-state index contributed by atoms with van der Waals surface area (Å²) in [6, 6.07) is 12.5. The summed E-state index contributed by atoms with van der Waals surface area (Å²) in [7, 11) is 2.55. The van der Waals surface area contributed by atoms with E-state index in [0.717, 1.165) is 38.5 Å². The van der Waals surface area contributed by atoms with Gasteiger partial charge in [0, 0.05) is 48.6 Å². The Labute approximate surface area is 243 Å². The SMILES string of the molecule is Cn1c(C(F)(F)F)cc2cc(CNN(Cc3ccc4c(c3)cc(C(F)(F)F)n4C)C(=O)c3ccc(C(F)(F)F)nc3)ccc21. The molecule has 3 heterocycles. The molecule has 0 aliphatic carbocycles. The third-order valence-electron chi connectivity index (χ3n) is 7.16. The van der Waals surface area contributed by atoms with Crippen LogP contribution in [0.3, 0.4) is 0 Å². The molecule has 0 saturated carbocycles. The van der Waals surface area contributed by atoms with Crippen LogP contribution in [0.1, 0.15) is 38.6 Å². The fraction of sp³-hybridized carbons (Fsp3) is 0.241. The number of benzene rings is 2. The summed E-state index contributed by atoms with van der Waals surface area (Å²) < 4.78 is 121. The maximum atomic E-state index is 13.4. The molecule has 0 atom stereocenters. The molecule has 0 aliphatic heterocycles. The number of halogens is 9. The maximum Gasteiger partial charge on any atom is 0.433 e. The van der Waals surface area contributed by atoms with Crippen LogP contribution < -0.4 is 5.43 Å². The van der Waals surface area contributed by atoms with Crippen LogP contribution in [0.5, 0.6) is 0 Å². The Morgan fingerprint density at radius 1 is 0.727 bits per heavy atom. The van der Waals surface area contributed by atoms with Crippen LogP contribution >= 0.6 is 0 Å². The number of hydrogen-bond acceptors (Lipinski definition) is 3. The standard InChI is InChI=1S/C29H22F9N5O/c1-41-21-6-3-16(9-19(21)11-24(41)28(33,34)35)13-40-43(26(44)18-5-8-23(39-14-18)27(30,31)32)15-17-4-7-22-20(10-17)12-25(42(22)2)29(36,37)38/h3-12,14,40H,13,15H2,1-2H3. The minimum absolute atomic E-state index is 0.0855. The Bertz CT molecular complexity index is 1850. The number of hydrazine groups is 1. The topological polar surface area (TPSA) is 55.1 Å². The number of hydrogen-bond donors (Lipinski definition) is 1. The molecular weight excluding hydrogens is 605 g/mol. The van der Waals surface area contributed by atoms with E-state index in [2.05, 4.69) is 10.4 Å². The minimum Gasteiger partial charge on any atom is -0.340 e. The normalized spacial score (nSPS) is 12.8. The largest absolute Gasteiger partial charge is 0.433 e. The van der Waals surface area contributed by atoms with E-state index in [4.69, 9.17) is 0 Å². The van der Waals surface area contributed by atoms with Gasteiger partial charge in [-0.2, -0.15) is 39.5 Å². The van der Waals surface area contributed by atoms with Crippen molar-refractivity contribution in [3.8, 4) is 0 Å². The number of amides is 1. The number of nitrogens with zero attached hydrogens (tertiary/aromatic N) is 4. The van der Waals surface area contributed by atoms with Crippen molar-refractivity contribution in [3.05, 3.63) is 101 Å². The highest BCUT2D eigenvalue weighted by Gasteiger charge is 2.36. The first kappa shape index (κ1) is 30.9. The van der Waals surface area contributed by atoms with Crippen molar-refractivity contribution in [2.75, 3.05) is 0 Å². The Morgan fingerprint density at radius 2 is 1.25 bits per heavy atom. The zero-order valence-corrected chi connectivity index (χ0v) is 22.9. The summed E-state index contributed by atoms with van der Waals surface area (Å²) in [5.74, 6) is -0.796. The first-order valence-electron chi connectivity index (χ1n) is 12.8. The molecule has 5 rings (SSSR count). The van der Waals surface area contributed by atoms with Crippen molar-refractivity contribution in [1.82, 2.24) is 24.6 Å². The van der Waals surface area contributed by atoms with Crippen molar-refractivity contribution in [1.29, 1.82) is 0 Å². The molecule has 0 fully saturated rings. The molecular formula is C29H22F9N5O. The monoisotopic (exact) mass is 627 g/mol. The first-order chi connectivity index (χ1) is 20.4. The van der Waals surface area contributed by atoms with Crippen LogP contribution in [0.2, 0.25) is 0 Å². The summed E-state index contributed by atoms with van der Waals surface area (Å²) in [5, 5.41) is 1.59. The van der Waals surface area contributed by atoms with Gasteiger partial charge in [-0.25, -0.2) is 5.43 Å². The lowest BCUT2D eigenvalue weighted by molar-refractivity contribution is -0.143. The second kappa shape index (κ2) is 10.9. The number of aromatic nitrogens is 3. The van der Waals surface area contributed by atoms with E-state index in [9.17, 15) is 44.3 Å². The zero-order valence-electron chi connectivity index (χ0n) is 22.9. The number of fused-ring (bicyclic) bond motifs is 2. The highest BCUT2D eigenvalue weighted by molar-refractivity contribution is 5.93. The van der Waals surface area contributed by atoms with Gasteiger partial charge in [-0.15, -0.1) is 0 Å². The molecule has 44 heavy (non-hydrogen) atoms. The number of alkyl halides is 9. The summed E-state index contributed by atoms with van der Waals surface area (Å²) in [6.45, 7) is -0.310. The van der Waals surface area contributed by atoms with Crippen LogP contribution in [0.15, 0.2) is 66.9 Å². The van der Waals surface area contributed by atoms with E-state index < -0.39 is 41.5 Å². The molecule has 0 aliphatic rings. The number of carbonyl (C=O) groups excluding carboxylic acids is 1. The highest BCUT2D eigenvalue weighted by Crippen LogP contribution is 2.35. The molecule has 0 unspecified atom stereocenters. The minimum atomic E-state index is -4.73. The second-order valence-electron chi connectivity index (χ2n) is 10.1. The zero-order chi connectivity index (χ0) is 32.2. The molecule has 232 valence electrons. The van der Waals surface area contributed by atoms with Crippen molar-refractivity contribution in [3.63, 3.8) is 0 Å². The molecule has 0 spiro atoms. The Balaban J connectivity index is 1.45. The molecule has 1 amide bonds. The fourth-order valence-electron chi connectivity index (χ4n) is 4.96. The Kier molecular flexibility index (Phi) is 7.64. The van der Waals surface area contributed by atoms with Crippen LogP contribution in [0, 0.1) is 0 Å². The van der Waals surface area contributed by atoms with Crippen molar-refractivity contribution in [2.45, 2.75) is 31.6 Å². The molecule has 0 bridgehead atoms. The van der Waals surface area contributed by atoms with Gasteiger partial charge in [-0.3, -0.25) is 14.8 Å². The van der Waals surface area contributed by atoms with Crippen molar-refractivity contribution >= 4 is 27.7 Å². The molecule has 0 saturated heterocycles. The van der Waals surface area contributed by atoms with Crippen molar-refractivity contribution < 1.29 is 44.3 Å². The predicted octanol–water partition coefficient (Wildman–Crippen LogP) is 7.47. The van der Waals surface area contributed by atoms with Crippen LogP contribution in [-0.2, 0) is 45.7 Å². The molecule has 5 aromatic rings. The third kappa shape index (κ3) is 6.09. The number of nitrogens with one attached hydrogen (secondary N) is 1. The lowest BCUT2D eigenvalue weighted by Gasteiger charge is -2.24. The summed E-state index contributed by atoms with van der Waals surface area (Å²) in [5.41, 5.74) is 1.18. The lowest BCUT2D eigenvalue weighted by atomic mass is 10.1. The molecule has 3 aromatic heterocycles. The number of pyridine rings is 1. The van der Waals surface area contributed by atoms with Gasteiger partial charge in [-0.1, -0.05) is 12.1 Å². The van der Waals surface area contributed by atoms with E-state index in [1.54, 1.807) is 6.07 Å². The Hall–Kier alpha value is -4.53. The first-order valence-corrected chi connectivity index (χ1v) is 12.8. The predicted molar refractivity (Wildman–Crippen MR) is 142 cm³/mol. The maximum absolute atomic E-state index is 13.4. The molecule has 6 nitrogen and oxygen atoms in total. The molecule has 15 heteroatoms. The average molecular weight is 628 g/mol. The molecule has 0 radical (unpaired) electrons.